The van der Waals surface area contributed by atoms with E-state index in [0.717, 1.165) is 23.3 Å². The molecule has 0 saturated carbocycles. The number of nitrogens with zero attached hydrogens (tertiary/aromatic N) is 5. The minimum Gasteiger partial charge on any atom is -0.487 e. The second-order valence-electron chi connectivity index (χ2n) is 9.89. The van der Waals surface area contributed by atoms with Crippen LogP contribution < -0.4 is 14.4 Å². The molecule has 0 aliphatic carbocycles. The van der Waals surface area contributed by atoms with Gasteiger partial charge in [-0.2, -0.15) is 0 Å². The van der Waals surface area contributed by atoms with E-state index in [1.165, 1.54) is 12.1 Å². The van der Waals surface area contributed by atoms with Crippen LogP contribution in [-0.2, 0) is 17.8 Å². The van der Waals surface area contributed by atoms with Crippen LogP contribution in [0, 0.1) is 11.6 Å². The number of hydrogen-bond donors (Lipinski definition) is 0. The predicted octanol–water partition coefficient (Wildman–Crippen LogP) is 4.56. The lowest BCUT2D eigenvalue weighted by atomic mass is 10.1. The molecule has 0 unspecified atom stereocenters. The first kappa shape index (κ1) is 25.8. The summed E-state index contributed by atoms with van der Waals surface area (Å²) in [6.45, 7) is 7.70. The molecule has 2 aromatic heterocycles. The summed E-state index contributed by atoms with van der Waals surface area (Å²) in [4.78, 5) is 30.6. The number of anilines is 1. The fourth-order valence-corrected chi connectivity index (χ4v) is 4.77. The summed E-state index contributed by atoms with van der Waals surface area (Å²) >= 11 is 0. The molecular formula is C28H31F2N5O3. The zero-order chi connectivity index (χ0) is 26.8. The molecule has 0 atom stereocenters. The number of halogens is 2. The molecule has 38 heavy (non-hydrogen) atoms. The van der Waals surface area contributed by atoms with Crippen molar-refractivity contribution < 1.29 is 23.0 Å². The van der Waals surface area contributed by atoms with E-state index in [1.807, 2.05) is 32.0 Å². The van der Waals surface area contributed by atoms with Gasteiger partial charge in [0.05, 0.1) is 29.7 Å². The van der Waals surface area contributed by atoms with Crippen molar-refractivity contribution in [3.63, 3.8) is 0 Å². The van der Waals surface area contributed by atoms with Gasteiger partial charge in [-0.1, -0.05) is 6.07 Å². The number of benzene rings is 1. The average molecular weight is 524 g/mol. The topological polar surface area (TPSA) is 80.7 Å². The van der Waals surface area contributed by atoms with Crippen LogP contribution >= 0.6 is 0 Å². The lowest BCUT2D eigenvalue weighted by Crippen LogP contribution is -2.40. The highest BCUT2D eigenvalue weighted by atomic mass is 19.1. The van der Waals surface area contributed by atoms with Crippen molar-refractivity contribution >= 4 is 11.7 Å². The van der Waals surface area contributed by atoms with Gasteiger partial charge in [0.15, 0.2) is 17.4 Å². The average Bonchev–Trinajstić information content (AvgIpc) is 2.89. The molecule has 0 radical (unpaired) electrons. The van der Waals surface area contributed by atoms with Crippen LogP contribution in [0.5, 0.6) is 11.6 Å². The van der Waals surface area contributed by atoms with Crippen LogP contribution in [0.15, 0.2) is 36.4 Å². The highest BCUT2D eigenvalue weighted by Crippen LogP contribution is 2.33. The van der Waals surface area contributed by atoms with Crippen LogP contribution in [0.1, 0.15) is 45.0 Å². The van der Waals surface area contributed by atoms with Crippen LogP contribution in [0.4, 0.5) is 14.6 Å². The Bertz CT molecular complexity index is 1330. The maximum Gasteiger partial charge on any atom is 0.219 e. The molecule has 1 fully saturated rings. The zero-order valence-corrected chi connectivity index (χ0v) is 21.8. The van der Waals surface area contributed by atoms with Crippen molar-refractivity contribution in [1.82, 2.24) is 19.9 Å². The highest BCUT2D eigenvalue weighted by molar-refractivity contribution is 5.74. The van der Waals surface area contributed by atoms with Gasteiger partial charge in [0.2, 0.25) is 11.8 Å². The molecule has 0 N–H and O–H groups in total. The number of ether oxygens (including phenoxy) is 2. The number of fused-ring (bicyclic) bond motifs is 1. The van der Waals surface area contributed by atoms with E-state index in [4.69, 9.17) is 24.4 Å². The molecule has 1 amide bonds. The van der Waals surface area contributed by atoms with E-state index in [2.05, 4.69) is 4.90 Å². The van der Waals surface area contributed by atoms with Gasteiger partial charge < -0.3 is 19.3 Å². The molecule has 2 aliphatic rings. The Labute approximate surface area is 220 Å². The molecule has 3 aromatic rings. The van der Waals surface area contributed by atoms with Gasteiger partial charge in [-0.25, -0.2) is 23.7 Å². The fraction of sp³-hybridized carbons (Fsp3) is 0.429. The van der Waals surface area contributed by atoms with Gasteiger partial charge in [0.25, 0.3) is 0 Å². The van der Waals surface area contributed by atoms with Crippen molar-refractivity contribution in [2.45, 2.75) is 58.8 Å². The summed E-state index contributed by atoms with van der Waals surface area (Å²) in [5.74, 6) is -0.0496. The number of piperidine rings is 1. The van der Waals surface area contributed by atoms with E-state index >= 15 is 0 Å². The Morgan fingerprint density at radius 3 is 2.53 bits per heavy atom. The smallest absolute Gasteiger partial charge is 0.219 e. The molecule has 1 aromatic carbocycles. The van der Waals surface area contributed by atoms with Crippen LogP contribution in [0.25, 0.3) is 11.4 Å². The van der Waals surface area contributed by atoms with E-state index in [0.29, 0.717) is 62.7 Å². The lowest BCUT2D eigenvalue weighted by molar-refractivity contribution is -0.129. The number of carbonyl (C=O) groups excluding carboxylic acids is 1. The van der Waals surface area contributed by atoms with Gasteiger partial charge >= 0.3 is 0 Å². The fourth-order valence-electron chi connectivity index (χ4n) is 4.77. The van der Waals surface area contributed by atoms with E-state index in [-0.39, 0.29) is 23.9 Å². The number of amides is 1. The van der Waals surface area contributed by atoms with Crippen molar-refractivity contribution in [3.8, 4) is 23.0 Å². The Balaban J connectivity index is 1.42. The third-order valence-corrected chi connectivity index (χ3v) is 6.69. The Hall–Kier alpha value is -3.82. The third-order valence-electron chi connectivity index (χ3n) is 6.69. The molecule has 10 heteroatoms. The summed E-state index contributed by atoms with van der Waals surface area (Å²) in [6.07, 6.45) is 1.67. The van der Waals surface area contributed by atoms with Crippen molar-refractivity contribution in [1.29, 1.82) is 0 Å². The van der Waals surface area contributed by atoms with Crippen molar-refractivity contribution in [3.05, 3.63) is 59.4 Å². The summed E-state index contributed by atoms with van der Waals surface area (Å²) in [7, 11) is 0. The highest BCUT2D eigenvalue weighted by Gasteiger charge is 2.29. The summed E-state index contributed by atoms with van der Waals surface area (Å²) in [6, 6.07) is 8.92. The van der Waals surface area contributed by atoms with E-state index in [1.54, 1.807) is 11.8 Å². The first-order valence-corrected chi connectivity index (χ1v) is 12.9. The SMILES string of the molecule is CC(=O)N1CCc2nc(N3CCC(Oc4ccc(F)cc4F)CC3)c(-c3cccc(OC(C)C)n3)nc2C1. The molecule has 0 spiro atoms. The van der Waals surface area contributed by atoms with Gasteiger partial charge in [0.1, 0.15) is 17.6 Å². The minimum atomic E-state index is -0.704. The van der Waals surface area contributed by atoms with E-state index in [9.17, 15) is 13.6 Å². The number of aromatic nitrogens is 3. The second-order valence-corrected chi connectivity index (χ2v) is 9.89. The molecule has 200 valence electrons. The normalized spacial score (nSPS) is 15.9. The molecular weight excluding hydrogens is 492 g/mol. The number of hydrogen-bond acceptors (Lipinski definition) is 7. The Morgan fingerprint density at radius 1 is 1.03 bits per heavy atom. The van der Waals surface area contributed by atoms with Crippen molar-refractivity contribution in [2.24, 2.45) is 0 Å². The molecule has 5 rings (SSSR count). The van der Waals surface area contributed by atoms with Gasteiger partial charge in [-0.05, 0) is 32.0 Å². The lowest BCUT2D eigenvalue weighted by Gasteiger charge is -2.35. The van der Waals surface area contributed by atoms with Gasteiger partial charge in [-0.3, -0.25) is 4.79 Å². The molecule has 4 heterocycles. The number of rotatable bonds is 6. The van der Waals surface area contributed by atoms with Gasteiger partial charge in [-0.15, -0.1) is 0 Å². The summed E-state index contributed by atoms with van der Waals surface area (Å²) in [5.41, 5.74) is 2.92. The Kier molecular flexibility index (Phi) is 7.40. The molecule has 1 saturated heterocycles. The Morgan fingerprint density at radius 2 is 1.82 bits per heavy atom. The first-order valence-electron chi connectivity index (χ1n) is 12.9. The zero-order valence-electron chi connectivity index (χ0n) is 21.8. The summed E-state index contributed by atoms with van der Waals surface area (Å²) < 4.78 is 39.0. The molecule has 2 aliphatic heterocycles. The van der Waals surface area contributed by atoms with Crippen molar-refractivity contribution in [2.75, 3.05) is 24.5 Å². The van der Waals surface area contributed by atoms with Crippen LogP contribution in [-0.4, -0.2) is 57.6 Å². The summed E-state index contributed by atoms with van der Waals surface area (Å²) in [5, 5.41) is 0. The van der Waals surface area contributed by atoms with Crippen LogP contribution in [0.2, 0.25) is 0 Å². The van der Waals surface area contributed by atoms with Gasteiger partial charge in [0, 0.05) is 58.0 Å². The quantitative estimate of drug-likeness (QED) is 0.469. The second kappa shape index (κ2) is 10.9. The number of carbonyl (C=O) groups is 1. The molecule has 0 bridgehead atoms. The third kappa shape index (κ3) is 5.69. The van der Waals surface area contributed by atoms with E-state index < -0.39 is 11.6 Å². The number of pyridine rings is 1. The molecule has 8 nitrogen and oxygen atoms in total. The minimum absolute atomic E-state index is 0.00759. The first-order chi connectivity index (χ1) is 18.3. The largest absolute Gasteiger partial charge is 0.487 e. The van der Waals surface area contributed by atoms with Crippen LogP contribution in [0.3, 0.4) is 0 Å². The maximum absolute atomic E-state index is 14.1. The monoisotopic (exact) mass is 523 g/mol. The maximum atomic E-state index is 14.1. The standard InChI is InChI=1S/C28H31F2N5O3/c1-17(2)37-26-6-4-5-23(31-26)27-28(33-22-11-14-35(18(3)36)16-24(22)32-27)34-12-9-20(10-13-34)38-25-8-7-19(29)15-21(25)30/h4-8,15,17,20H,9-14,16H2,1-3H3. The predicted molar refractivity (Wildman–Crippen MR) is 138 cm³/mol.